The Morgan fingerprint density at radius 2 is 1.94 bits per heavy atom. The van der Waals surface area contributed by atoms with Gasteiger partial charge in [-0.25, -0.2) is 4.79 Å². The first-order chi connectivity index (χ1) is 8.59. The van der Waals surface area contributed by atoms with Crippen LogP contribution in [0.3, 0.4) is 0 Å². The topological polar surface area (TPSA) is 89.9 Å². The van der Waals surface area contributed by atoms with E-state index in [1.165, 1.54) is 0 Å². The van der Waals surface area contributed by atoms with Crippen molar-refractivity contribution in [3.05, 3.63) is 0 Å². The van der Waals surface area contributed by atoms with Crippen molar-refractivity contribution in [2.24, 2.45) is 0 Å². The van der Waals surface area contributed by atoms with Crippen LogP contribution in [0.4, 0.5) is 4.79 Å². The number of urea groups is 1. The summed E-state index contributed by atoms with van der Waals surface area (Å²) in [5.41, 5.74) is 0. The number of carboxylic acid groups (broad SMARTS) is 1. The molecule has 0 aromatic carbocycles. The molecule has 1 unspecified atom stereocenters. The molecule has 0 saturated carbocycles. The normalized spacial score (nSPS) is 18.9. The number of carbonyl (C=O) groups excluding carboxylic acids is 1. The van der Waals surface area contributed by atoms with E-state index in [2.05, 4.69) is 5.32 Å². The summed E-state index contributed by atoms with van der Waals surface area (Å²) in [4.78, 5) is 23.5. The first-order valence-electron chi connectivity index (χ1n) is 6.52. The van der Waals surface area contributed by atoms with Crippen LogP contribution < -0.4 is 5.32 Å². The molecule has 1 saturated heterocycles. The maximum atomic E-state index is 11.6. The molecular weight excluding hydrogens is 236 g/mol. The molecule has 1 rings (SSSR count). The second-order valence-electron chi connectivity index (χ2n) is 4.68. The van der Waals surface area contributed by atoms with E-state index >= 15 is 0 Å². The van der Waals surface area contributed by atoms with Gasteiger partial charge in [0.2, 0.25) is 0 Å². The highest BCUT2D eigenvalue weighted by atomic mass is 16.4. The largest absolute Gasteiger partial charge is 0.481 e. The zero-order valence-corrected chi connectivity index (χ0v) is 10.6. The molecule has 104 valence electrons. The zero-order valence-electron chi connectivity index (χ0n) is 10.6. The Hall–Kier alpha value is -1.30. The van der Waals surface area contributed by atoms with Crippen molar-refractivity contribution in [1.82, 2.24) is 10.2 Å². The van der Waals surface area contributed by atoms with Gasteiger partial charge in [-0.1, -0.05) is 12.8 Å². The van der Waals surface area contributed by atoms with Crippen LogP contribution in [-0.2, 0) is 4.79 Å². The third-order valence-corrected chi connectivity index (χ3v) is 3.04. The zero-order chi connectivity index (χ0) is 13.4. The number of likely N-dealkylation sites (tertiary alicyclic amines) is 1. The Morgan fingerprint density at radius 3 is 2.56 bits per heavy atom. The molecule has 0 spiro atoms. The molecule has 0 aliphatic carbocycles. The summed E-state index contributed by atoms with van der Waals surface area (Å²) in [5.74, 6) is -0.754. The van der Waals surface area contributed by atoms with Crippen LogP contribution in [0.15, 0.2) is 0 Å². The maximum Gasteiger partial charge on any atom is 0.317 e. The van der Waals surface area contributed by atoms with Gasteiger partial charge in [-0.3, -0.25) is 4.79 Å². The first kappa shape index (κ1) is 14.8. The number of unbranched alkanes of at least 4 members (excludes halogenated alkanes) is 3. The minimum absolute atomic E-state index is 0.114. The summed E-state index contributed by atoms with van der Waals surface area (Å²) in [6, 6.07) is -0.114. The second-order valence-corrected chi connectivity index (χ2v) is 4.68. The predicted octanol–water partition coefficient (Wildman–Crippen LogP) is 0.798. The maximum absolute atomic E-state index is 11.6. The Morgan fingerprint density at radius 1 is 1.22 bits per heavy atom. The van der Waals surface area contributed by atoms with Crippen LogP contribution in [0.2, 0.25) is 0 Å². The van der Waals surface area contributed by atoms with Crippen LogP contribution in [0.25, 0.3) is 0 Å². The molecule has 1 heterocycles. The van der Waals surface area contributed by atoms with E-state index in [4.69, 9.17) is 5.11 Å². The van der Waals surface area contributed by atoms with E-state index < -0.39 is 5.97 Å². The Bertz CT molecular complexity index is 283. The van der Waals surface area contributed by atoms with Gasteiger partial charge in [-0.15, -0.1) is 0 Å². The number of aliphatic hydroxyl groups is 1. The highest BCUT2D eigenvalue weighted by molar-refractivity contribution is 5.74. The number of β-amino-alcohol motifs (C(OH)–C–C–N with tert-alkyl or cyclic N) is 1. The van der Waals surface area contributed by atoms with Gasteiger partial charge in [-0.05, 0) is 19.3 Å². The van der Waals surface area contributed by atoms with Gasteiger partial charge in [0.1, 0.15) is 0 Å². The molecule has 18 heavy (non-hydrogen) atoms. The van der Waals surface area contributed by atoms with E-state index in [0.717, 1.165) is 19.3 Å². The lowest BCUT2D eigenvalue weighted by molar-refractivity contribution is -0.137. The molecule has 6 nitrogen and oxygen atoms in total. The summed E-state index contributed by atoms with van der Waals surface area (Å²) in [6.07, 6.45) is 3.86. The number of aliphatic carboxylic acids is 1. The van der Waals surface area contributed by atoms with Gasteiger partial charge < -0.3 is 20.4 Å². The Kier molecular flexibility index (Phi) is 6.49. The molecule has 1 fully saturated rings. The van der Waals surface area contributed by atoms with E-state index in [1.54, 1.807) is 4.90 Å². The number of aliphatic hydroxyl groups excluding tert-OH is 1. The van der Waals surface area contributed by atoms with Gasteiger partial charge in [0.15, 0.2) is 0 Å². The minimum atomic E-state index is -0.754. The van der Waals surface area contributed by atoms with Crippen molar-refractivity contribution in [3.63, 3.8) is 0 Å². The molecule has 0 aromatic rings. The van der Waals surface area contributed by atoms with E-state index in [1.807, 2.05) is 0 Å². The molecule has 3 N–H and O–H groups in total. The quantitative estimate of drug-likeness (QED) is 0.589. The lowest BCUT2D eigenvalue weighted by atomic mass is 10.1. The number of nitrogens with one attached hydrogen (secondary N) is 1. The van der Waals surface area contributed by atoms with Crippen molar-refractivity contribution in [3.8, 4) is 0 Å². The van der Waals surface area contributed by atoms with Crippen molar-refractivity contribution >= 4 is 12.0 Å². The fourth-order valence-electron chi connectivity index (χ4n) is 1.99. The molecular formula is C12H22N2O4. The SMILES string of the molecule is O=C(O)CCCCCCNC(=O)N1CCC(O)C1. The monoisotopic (exact) mass is 258 g/mol. The number of carboxylic acids is 1. The highest BCUT2D eigenvalue weighted by Crippen LogP contribution is 2.08. The van der Waals surface area contributed by atoms with E-state index in [-0.39, 0.29) is 18.6 Å². The summed E-state index contributed by atoms with van der Waals surface area (Å²) >= 11 is 0. The highest BCUT2D eigenvalue weighted by Gasteiger charge is 2.23. The van der Waals surface area contributed by atoms with E-state index in [0.29, 0.717) is 32.5 Å². The van der Waals surface area contributed by atoms with Crippen molar-refractivity contribution in [1.29, 1.82) is 0 Å². The third-order valence-electron chi connectivity index (χ3n) is 3.04. The molecule has 6 heteroatoms. The number of carbonyl (C=O) groups is 2. The number of amides is 2. The number of hydrogen-bond donors (Lipinski definition) is 3. The lowest BCUT2D eigenvalue weighted by Gasteiger charge is -2.16. The molecule has 0 aromatic heterocycles. The molecule has 1 atom stereocenters. The van der Waals surface area contributed by atoms with E-state index in [9.17, 15) is 14.7 Å². The Labute approximate surface area is 107 Å². The Balaban J connectivity index is 1.94. The van der Waals surface area contributed by atoms with Crippen LogP contribution >= 0.6 is 0 Å². The van der Waals surface area contributed by atoms with Gasteiger partial charge in [0.05, 0.1) is 6.10 Å². The molecule has 0 radical (unpaired) electrons. The predicted molar refractivity (Wildman–Crippen MR) is 66.3 cm³/mol. The first-order valence-corrected chi connectivity index (χ1v) is 6.52. The molecule has 1 aliphatic heterocycles. The summed E-state index contributed by atoms with van der Waals surface area (Å²) < 4.78 is 0. The van der Waals surface area contributed by atoms with Crippen LogP contribution in [-0.4, -0.2) is 52.9 Å². The van der Waals surface area contributed by atoms with Crippen LogP contribution in [0, 0.1) is 0 Å². The summed E-state index contributed by atoms with van der Waals surface area (Å²) in [5, 5.41) is 20.5. The molecule has 2 amide bonds. The number of nitrogens with zero attached hydrogens (tertiary/aromatic N) is 1. The van der Waals surface area contributed by atoms with Crippen molar-refractivity contribution < 1.29 is 19.8 Å². The average molecular weight is 258 g/mol. The van der Waals surface area contributed by atoms with Gasteiger partial charge >= 0.3 is 12.0 Å². The second kappa shape index (κ2) is 7.92. The lowest BCUT2D eigenvalue weighted by Crippen LogP contribution is -2.39. The third kappa shape index (κ3) is 5.86. The minimum Gasteiger partial charge on any atom is -0.481 e. The van der Waals surface area contributed by atoms with Crippen LogP contribution in [0.1, 0.15) is 38.5 Å². The average Bonchev–Trinajstić information content (AvgIpc) is 2.74. The van der Waals surface area contributed by atoms with Gasteiger partial charge in [0.25, 0.3) is 0 Å². The fourth-order valence-corrected chi connectivity index (χ4v) is 1.99. The van der Waals surface area contributed by atoms with Gasteiger partial charge in [-0.2, -0.15) is 0 Å². The number of rotatable bonds is 7. The summed E-state index contributed by atoms with van der Waals surface area (Å²) in [6.45, 7) is 1.65. The van der Waals surface area contributed by atoms with Crippen molar-refractivity contribution in [2.75, 3.05) is 19.6 Å². The molecule has 1 aliphatic rings. The fraction of sp³-hybridized carbons (Fsp3) is 0.833. The van der Waals surface area contributed by atoms with Gasteiger partial charge in [0, 0.05) is 26.1 Å². The standard InChI is InChI=1S/C12H22N2O4/c15-10-6-8-14(9-10)12(18)13-7-4-2-1-3-5-11(16)17/h10,15H,1-9H2,(H,13,18)(H,16,17). The molecule has 0 bridgehead atoms. The summed E-state index contributed by atoms with van der Waals surface area (Å²) in [7, 11) is 0. The number of hydrogen-bond acceptors (Lipinski definition) is 3. The smallest absolute Gasteiger partial charge is 0.317 e. The van der Waals surface area contributed by atoms with Crippen molar-refractivity contribution in [2.45, 2.75) is 44.6 Å². The van der Waals surface area contributed by atoms with Crippen LogP contribution in [0.5, 0.6) is 0 Å².